The molecule has 9 rings (SSSR count). The van der Waals surface area contributed by atoms with E-state index >= 15 is 0 Å². The topological polar surface area (TPSA) is 165 Å². The van der Waals surface area contributed by atoms with Crippen LogP contribution in [-0.4, -0.2) is 77.1 Å². The minimum absolute atomic E-state index is 0.0250. The standard InChI is InChI=1S/C47H33ClF6N4O8/c1-65-44(63)38-36-26-13-14-57(29(26)17-31(59)40(36)55-42(38)46(49,50)51)33(61)11-9-21-7-8-22(28-16-24-6-4-3-5-23(24)15-27(21)28)10-12-34(62)58-20-25(19-48)35-30(58)18-32(60)41-37(35)39(45(64)66-2)43(56-41)47(52,53)54/h3-12,15-18,25,55-56,59-60H,13-14,19-20H2,1-2H3/b11-9+,12-10+/t25-/m1/s1. The molecule has 0 spiro atoms. The van der Waals surface area contributed by atoms with Crippen LogP contribution in [0.15, 0.2) is 72.8 Å². The van der Waals surface area contributed by atoms with E-state index in [4.69, 9.17) is 16.3 Å². The molecule has 2 aromatic heterocycles. The van der Waals surface area contributed by atoms with Crippen molar-refractivity contribution in [1.82, 2.24) is 9.97 Å². The van der Waals surface area contributed by atoms with E-state index in [-0.39, 0.29) is 69.7 Å². The van der Waals surface area contributed by atoms with Crippen LogP contribution in [-0.2, 0) is 37.8 Å². The van der Waals surface area contributed by atoms with E-state index in [1.54, 1.807) is 24.3 Å². The van der Waals surface area contributed by atoms with E-state index in [0.717, 1.165) is 31.1 Å². The van der Waals surface area contributed by atoms with Crippen molar-refractivity contribution in [3.8, 4) is 11.5 Å². The quantitative estimate of drug-likeness (QED) is 0.0403. The first kappa shape index (κ1) is 43.8. The number of alkyl halides is 7. The normalized spacial score (nSPS) is 15.3. The van der Waals surface area contributed by atoms with Gasteiger partial charge in [-0.05, 0) is 74.5 Å². The second-order valence-corrected chi connectivity index (χ2v) is 16.0. The average Bonchev–Trinajstić information content (AvgIpc) is 4.08. The Labute approximate surface area is 373 Å². The maximum absolute atomic E-state index is 14.2. The molecule has 0 bridgehead atoms. The second kappa shape index (κ2) is 15.9. The Morgan fingerprint density at radius 1 is 0.727 bits per heavy atom. The third-order valence-electron chi connectivity index (χ3n) is 12.0. The van der Waals surface area contributed by atoms with Gasteiger partial charge in [-0.3, -0.25) is 9.59 Å². The molecule has 4 N–H and O–H groups in total. The summed E-state index contributed by atoms with van der Waals surface area (Å²) in [6.45, 7) is -0.0632. The first-order valence-electron chi connectivity index (χ1n) is 20.0. The van der Waals surface area contributed by atoms with Gasteiger partial charge in [0.25, 0.3) is 11.8 Å². The van der Waals surface area contributed by atoms with Gasteiger partial charge in [-0.15, -0.1) is 11.6 Å². The Morgan fingerprint density at radius 3 is 1.71 bits per heavy atom. The molecule has 0 saturated carbocycles. The van der Waals surface area contributed by atoms with E-state index in [1.807, 2.05) is 36.4 Å². The number of hydrogen-bond donors (Lipinski definition) is 4. The summed E-state index contributed by atoms with van der Waals surface area (Å²) in [7, 11) is 1.86. The van der Waals surface area contributed by atoms with Crippen LogP contribution in [0.1, 0.15) is 60.3 Å². The number of aromatic amines is 2. The highest BCUT2D eigenvalue weighted by atomic mass is 35.5. The third-order valence-corrected chi connectivity index (χ3v) is 12.4. The molecule has 0 radical (unpaired) electrons. The number of phenolic OH excluding ortho intramolecular Hbond substituents is 2. The first-order chi connectivity index (χ1) is 31.4. The lowest BCUT2D eigenvalue weighted by Gasteiger charge is -2.16. The Kier molecular flexibility index (Phi) is 10.5. The van der Waals surface area contributed by atoms with E-state index in [1.165, 1.54) is 28.0 Å². The number of aromatic hydroxyl groups is 2. The highest BCUT2D eigenvalue weighted by Gasteiger charge is 2.44. The Balaban J connectivity index is 1.07. The molecule has 1 atom stereocenters. The summed E-state index contributed by atoms with van der Waals surface area (Å²) in [6.07, 6.45) is -4.31. The van der Waals surface area contributed by atoms with Crippen LogP contribution in [0.3, 0.4) is 0 Å². The van der Waals surface area contributed by atoms with E-state index < -0.39 is 76.0 Å². The largest absolute Gasteiger partial charge is 0.506 e. The number of aromatic nitrogens is 2. The van der Waals surface area contributed by atoms with Crippen molar-refractivity contribution in [3.63, 3.8) is 0 Å². The third kappa shape index (κ3) is 7.02. The zero-order chi connectivity index (χ0) is 47.1. The Hall–Kier alpha value is -7.47. The number of carbonyl (C=O) groups is 4. The number of methoxy groups -OCH3 is 2. The van der Waals surface area contributed by atoms with Crippen molar-refractivity contribution < 1.29 is 65.2 Å². The molecule has 66 heavy (non-hydrogen) atoms. The number of anilines is 2. The van der Waals surface area contributed by atoms with Gasteiger partial charge in [-0.2, -0.15) is 26.3 Å². The molecule has 4 heterocycles. The van der Waals surface area contributed by atoms with Crippen molar-refractivity contribution in [3.05, 3.63) is 118 Å². The van der Waals surface area contributed by atoms with Gasteiger partial charge in [0.15, 0.2) is 0 Å². The predicted molar refractivity (Wildman–Crippen MR) is 234 cm³/mol. The van der Waals surface area contributed by atoms with Crippen LogP contribution in [0.4, 0.5) is 37.7 Å². The Bertz CT molecular complexity index is 3320. The number of halogens is 7. The fourth-order valence-electron chi connectivity index (χ4n) is 9.14. The number of H-pyrrole nitrogens is 2. The number of ether oxygens (including phenoxy) is 2. The molecule has 338 valence electrons. The predicted octanol–water partition coefficient (Wildman–Crippen LogP) is 9.96. The van der Waals surface area contributed by atoms with E-state index in [9.17, 15) is 55.7 Å². The molecule has 0 aliphatic carbocycles. The van der Waals surface area contributed by atoms with Gasteiger partial charge in [-0.1, -0.05) is 36.4 Å². The molecule has 0 unspecified atom stereocenters. The number of nitrogens with one attached hydrogen (secondary N) is 2. The summed E-state index contributed by atoms with van der Waals surface area (Å²) in [4.78, 5) is 60.2. The maximum atomic E-state index is 14.2. The zero-order valence-corrected chi connectivity index (χ0v) is 35.1. The highest BCUT2D eigenvalue weighted by Crippen LogP contribution is 2.50. The van der Waals surface area contributed by atoms with Gasteiger partial charge in [0.1, 0.15) is 22.9 Å². The van der Waals surface area contributed by atoms with Gasteiger partial charge in [0.2, 0.25) is 0 Å². The monoisotopic (exact) mass is 930 g/mol. The van der Waals surface area contributed by atoms with Crippen molar-refractivity contribution in [2.75, 3.05) is 43.0 Å². The zero-order valence-electron chi connectivity index (χ0n) is 34.4. The molecule has 0 fully saturated rings. The SMILES string of the molecule is COC(=O)c1c(C(F)(F)F)[nH]c2c(O)cc3c(c12)CCN3C(=O)/C=C/c1ccc(/C=C/C(=O)N2C[C@@H](CCl)c3c2cc(O)c2[nH]c(C(F)(F)F)c(C(=O)OC)c32)c2cc3ccccc3cc12. The number of hydrogen-bond acceptors (Lipinski definition) is 8. The fraction of sp³-hybridized carbons (Fsp3) is 0.191. The highest BCUT2D eigenvalue weighted by molar-refractivity contribution is 6.20. The van der Waals surface area contributed by atoms with Crippen LogP contribution < -0.4 is 9.80 Å². The number of rotatable bonds is 7. The first-order valence-corrected chi connectivity index (χ1v) is 20.5. The van der Waals surface area contributed by atoms with Crippen molar-refractivity contribution in [2.45, 2.75) is 24.7 Å². The van der Waals surface area contributed by atoms with Gasteiger partial charge in [0.05, 0.1) is 47.8 Å². The minimum Gasteiger partial charge on any atom is -0.506 e. The van der Waals surface area contributed by atoms with E-state index in [2.05, 4.69) is 14.7 Å². The van der Waals surface area contributed by atoms with Crippen molar-refractivity contribution >= 4 is 102 Å². The van der Waals surface area contributed by atoms with Crippen LogP contribution >= 0.6 is 11.6 Å². The smallest absolute Gasteiger partial charge is 0.432 e. The number of nitrogens with zero attached hydrogens (tertiary/aromatic N) is 2. The van der Waals surface area contributed by atoms with Crippen LogP contribution in [0.2, 0.25) is 0 Å². The molecule has 7 aromatic rings. The number of esters is 2. The summed E-state index contributed by atoms with van der Waals surface area (Å²) in [5.74, 6) is -5.89. The maximum Gasteiger partial charge on any atom is 0.432 e. The average molecular weight is 931 g/mol. The molecule has 5 aromatic carbocycles. The molecular weight excluding hydrogens is 898 g/mol. The van der Waals surface area contributed by atoms with Gasteiger partial charge in [-0.25, -0.2) is 9.59 Å². The lowest BCUT2D eigenvalue weighted by molar-refractivity contribution is -0.141. The molecule has 0 saturated heterocycles. The number of amides is 2. The van der Waals surface area contributed by atoms with Crippen molar-refractivity contribution in [2.24, 2.45) is 0 Å². The molecule has 2 aliphatic rings. The van der Waals surface area contributed by atoms with Crippen molar-refractivity contribution in [1.29, 1.82) is 0 Å². The Morgan fingerprint density at radius 2 is 1.21 bits per heavy atom. The van der Waals surface area contributed by atoms with Gasteiger partial charge < -0.3 is 39.5 Å². The number of carbonyl (C=O) groups excluding carboxylic acids is 4. The summed E-state index contributed by atoms with van der Waals surface area (Å²) < 4.78 is 94.0. The van der Waals surface area contributed by atoms with Gasteiger partial charge in [0, 0.05) is 59.9 Å². The van der Waals surface area contributed by atoms with Crippen LogP contribution in [0.5, 0.6) is 11.5 Å². The number of phenols is 2. The van der Waals surface area contributed by atoms with E-state index in [0.29, 0.717) is 21.9 Å². The lowest BCUT2D eigenvalue weighted by atomic mass is 9.95. The van der Waals surface area contributed by atoms with Gasteiger partial charge >= 0.3 is 24.3 Å². The molecule has 19 heteroatoms. The fourth-order valence-corrected chi connectivity index (χ4v) is 9.39. The molecule has 2 amide bonds. The molecule has 2 aliphatic heterocycles. The summed E-state index contributed by atoms with van der Waals surface area (Å²) in [5, 5.41) is 24.4. The molecule has 12 nitrogen and oxygen atoms in total. The summed E-state index contributed by atoms with van der Waals surface area (Å²) >= 11 is 6.32. The van der Waals surface area contributed by atoms with Crippen LogP contribution in [0.25, 0.3) is 55.5 Å². The minimum atomic E-state index is -5.03. The number of fused-ring (bicyclic) bond motifs is 8. The summed E-state index contributed by atoms with van der Waals surface area (Å²) in [5.41, 5.74) is -3.43. The number of benzene rings is 5. The summed E-state index contributed by atoms with van der Waals surface area (Å²) in [6, 6.07) is 17.0. The lowest BCUT2D eigenvalue weighted by Crippen LogP contribution is -2.28. The van der Waals surface area contributed by atoms with Crippen LogP contribution in [0, 0.1) is 0 Å². The molecular formula is C47H33ClF6N4O8. The second-order valence-electron chi connectivity index (χ2n) is 15.6.